The summed E-state index contributed by atoms with van der Waals surface area (Å²) in [6.45, 7) is 1.53. The lowest BCUT2D eigenvalue weighted by Gasteiger charge is -2.26. The van der Waals surface area contributed by atoms with Crippen molar-refractivity contribution in [3.05, 3.63) is 0 Å². The van der Waals surface area contributed by atoms with Gasteiger partial charge in [0.1, 0.15) is 0 Å². The van der Waals surface area contributed by atoms with Crippen LogP contribution in [0.4, 0.5) is 0 Å². The summed E-state index contributed by atoms with van der Waals surface area (Å²) in [6.07, 6.45) is 3.39. The van der Waals surface area contributed by atoms with Crippen LogP contribution in [0.15, 0.2) is 0 Å². The van der Waals surface area contributed by atoms with Crippen LogP contribution in [0.1, 0.15) is 32.6 Å². The highest BCUT2D eigenvalue weighted by molar-refractivity contribution is 8.13. The first-order valence-electron chi connectivity index (χ1n) is 6.40. The molecule has 0 aromatic carbocycles. The van der Waals surface area contributed by atoms with Crippen LogP contribution >= 0.6 is 11.8 Å². The van der Waals surface area contributed by atoms with Gasteiger partial charge in [0.25, 0.3) is 0 Å². The Kier molecular flexibility index (Phi) is 6.89. The molecular formula is C13H19NO4S. The number of ether oxygens (including phenoxy) is 1. The molecule has 1 N–H and O–H groups in total. The van der Waals surface area contributed by atoms with Crippen molar-refractivity contribution in [3.8, 4) is 6.07 Å². The SMILES string of the molecule is CC(=O)SCC(COC1CCCC(C#N)C1)C(=O)O. The molecule has 1 aliphatic carbocycles. The summed E-state index contributed by atoms with van der Waals surface area (Å²) in [5, 5.41) is 17.8. The van der Waals surface area contributed by atoms with Gasteiger partial charge in [-0.25, -0.2) is 0 Å². The molecule has 0 bridgehead atoms. The van der Waals surface area contributed by atoms with Crippen LogP contribution in [0.3, 0.4) is 0 Å². The normalized spacial score (nSPS) is 24.4. The van der Waals surface area contributed by atoms with Crippen LogP contribution in [0.2, 0.25) is 0 Å². The van der Waals surface area contributed by atoms with E-state index in [1.54, 1.807) is 0 Å². The average molecular weight is 285 g/mol. The van der Waals surface area contributed by atoms with Crippen LogP contribution in [-0.4, -0.2) is 34.7 Å². The van der Waals surface area contributed by atoms with Crippen LogP contribution in [-0.2, 0) is 14.3 Å². The molecule has 3 atom stereocenters. The number of carbonyl (C=O) groups excluding carboxylic acids is 1. The maximum absolute atomic E-state index is 11.0. The average Bonchev–Trinajstić information content (AvgIpc) is 2.38. The third kappa shape index (κ3) is 6.08. The number of carbonyl (C=O) groups is 2. The Morgan fingerprint density at radius 2 is 2.26 bits per heavy atom. The second-order valence-electron chi connectivity index (χ2n) is 4.79. The standard InChI is InChI=1S/C13H19NO4S/c1-9(15)19-8-11(13(16)17)7-18-12-4-2-3-10(5-12)6-14/h10-12H,2-5,7-8H2,1H3,(H,16,17). The smallest absolute Gasteiger partial charge is 0.309 e. The van der Waals surface area contributed by atoms with E-state index >= 15 is 0 Å². The predicted octanol–water partition coefficient (Wildman–Crippen LogP) is 2.07. The van der Waals surface area contributed by atoms with Gasteiger partial charge in [0.15, 0.2) is 5.12 Å². The van der Waals surface area contributed by atoms with Crippen LogP contribution in [0.5, 0.6) is 0 Å². The quantitative estimate of drug-likeness (QED) is 0.803. The minimum atomic E-state index is -0.943. The topological polar surface area (TPSA) is 87.4 Å². The Balaban J connectivity index is 2.36. The van der Waals surface area contributed by atoms with Crippen molar-refractivity contribution in [1.29, 1.82) is 5.26 Å². The van der Waals surface area contributed by atoms with E-state index in [-0.39, 0.29) is 29.5 Å². The predicted molar refractivity (Wildman–Crippen MR) is 71.6 cm³/mol. The molecule has 5 nitrogen and oxygen atoms in total. The highest BCUT2D eigenvalue weighted by atomic mass is 32.2. The van der Waals surface area contributed by atoms with Crippen molar-refractivity contribution < 1.29 is 19.4 Å². The Bertz CT molecular complexity index is 366. The van der Waals surface area contributed by atoms with Crippen molar-refractivity contribution >= 4 is 22.8 Å². The zero-order valence-corrected chi connectivity index (χ0v) is 11.8. The van der Waals surface area contributed by atoms with E-state index in [0.29, 0.717) is 6.42 Å². The van der Waals surface area contributed by atoms with Gasteiger partial charge in [-0.1, -0.05) is 11.8 Å². The molecular weight excluding hydrogens is 266 g/mol. The summed E-state index contributed by atoms with van der Waals surface area (Å²) < 4.78 is 5.61. The van der Waals surface area contributed by atoms with Crippen molar-refractivity contribution in [3.63, 3.8) is 0 Å². The number of thioether (sulfide) groups is 1. The van der Waals surface area contributed by atoms with Gasteiger partial charge in [0.2, 0.25) is 0 Å². The maximum atomic E-state index is 11.0. The van der Waals surface area contributed by atoms with E-state index in [0.717, 1.165) is 31.0 Å². The number of nitrogens with zero attached hydrogens (tertiary/aromatic N) is 1. The molecule has 3 unspecified atom stereocenters. The van der Waals surface area contributed by atoms with Gasteiger partial charge in [-0.2, -0.15) is 5.26 Å². The lowest BCUT2D eigenvalue weighted by atomic mass is 9.88. The fourth-order valence-corrected chi connectivity index (χ4v) is 2.75. The highest BCUT2D eigenvalue weighted by Crippen LogP contribution is 2.26. The summed E-state index contributed by atoms with van der Waals surface area (Å²) in [6, 6.07) is 2.24. The third-order valence-corrected chi connectivity index (χ3v) is 4.15. The van der Waals surface area contributed by atoms with E-state index in [4.69, 9.17) is 15.1 Å². The third-order valence-electron chi connectivity index (χ3n) is 3.18. The second-order valence-corrected chi connectivity index (χ2v) is 5.98. The molecule has 0 spiro atoms. The molecule has 1 aliphatic rings. The first kappa shape index (κ1) is 16.0. The number of nitriles is 1. The monoisotopic (exact) mass is 285 g/mol. The molecule has 6 heteroatoms. The van der Waals surface area contributed by atoms with E-state index in [2.05, 4.69) is 6.07 Å². The zero-order valence-electron chi connectivity index (χ0n) is 11.0. The largest absolute Gasteiger partial charge is 0.481 e. The minimum Gasteiger partial charge on any atom is -0.481 e. The molecule has 0 aliphatic heterocycles. The van der Waals surface area contributed by atoms with Gasteiger partial charge in [0, 0.05) is 18.6 Å². The fourth-order valence-electron chi connectivity index (χ4n) is 2.07. The van der Waals surface area contributed by atoms with Crippen molar-refractivity contribution in [2.45, 2.75) is 38.7 Å². The Morgan fingerprint density at radius 3 is 2.84 bits per heavy atom. The summed E-state index contributed by atoms with van der Waals surface area (Å²) in [5.74, 6) is -1.36. The van der Waals surface area contributed by atoms with E-state index in [9.17, 15) is 9.59 Å². The Morgan fingerprint density at radius 1 is 1.53 bits per heavy atom. The minimum absolute atomic E-state index is 0.0219. The zero-order chi connectivity index (χ0) is 14.3. The van der Waals surface area contributed by atoms with E-state index in [1.165, 1.54) is 6.92 Å². The van der Waals surface area contributed by atoms with Crippen molar-refractivity contribution in [1.82, 2.24) is 0 Å². The number of aliphatic carboxylic acids is 1. The van der Waals surface area contributed by atoms with Gasteiger partial charge < -0.3 is 9.84 Å². The highest BCUT2D eigenvalue weighted by Gasteiger charge is 2.25. The van der Waals surface area contributed by atoms with Gasteiger partial charge in [-0.3, -0.25) is 9.59 Å². The summed E-state index contributed by atoms with van der Waals surface area (Å²) >= 11 is 1.01. The summed E-state index contributed by atoms with van der Waals surface area (Å²) in [5.41, 5.74) is 0. The molecule has 1 saturated carbocycles. The molecule has 106 valence electrons. The first-order valence-corrected chi connectivity index (χ1v) is 7.39. The molecule has 1 fully saturated rings. The molecule has 0 aromatic rings. The first-order chi connectivity index (χ1) is 9.02. The molecule has 1 rings (SSSR count). The number of carboxylic acid groups (broad SMARTS) is 1. The van der Waals surface area contributed by atoms with Crippen molar-refractivity contribution in [2.75, 3.05) is 12.4 Å². The molecule has 0 saturated heterocycles. The van der Waals surface area contributed by atoms with Crippen LogP contribution in [0, 0.1) is 23.2 Å². The number of hydrogen-bond donors (Lipinski definition) is 1. The lowest BCUT2D eigenvalue weighted by molar-refractivity contribution is -0.144. The lowest BCUT2D eigenvalue weighted by Crippen LogP contribution is -2.29. The number of rotatable bonds is 6. The van der Waals surface area contributed by atoms with Gasteiger partial charge in [-0.15, -0.1) is 0 Å². The maximum Gasteiger partial charge on any atom is 0.309 e. The van der Waals surface area contributed by atoms with Gasteiger partial charge >= 0.3 is 5.97 Å². The second kappa shape index (κ2) is 8.18. The Hall–Kier alpha value is -1.06. The summed E-state index contributed by atoms with van der Waals surface area (Å²) in [4.78, 5) is 21.9. The number of hydrogen-bond acceptors (Lipinski definition) is 5. The Labute approximate surface area is 117 Å². The van der Waals surface area contributed by atoms with E-state index in [1.807, 2.05) is 0 Å². The molecule has 0 aromatic heterocycles. The van der Waals surface area contributed by atoms with Crippen molar-refractivity contribution in [2.24, 2.45) is 11.8 Å². The molecule has 0 radical (unpaired) electrons. The fraction of sp³-hybridized carbons (Fsp3) is 0.769. The van der Waals surface area contributed by atoms with Crippen LogP contribution < -0.4 is 0 Å². The summed E-state index contributed by atoms with van der Waals surface area (Å²) in [7, 11) is 0. The van der Waals surface area contributed by atoms with Gasteiger partial charge in [-0.05, 0) is 25.7 Å². The molecule has 0 heterocycles. The van der Waals surface area contributed by atoms with Crippen LogP contribution in [0.25, 0.3) is 0 Å². The van der Waals surface area contributed by atoms with Gasteiger partial charge in [0.05, 0.1) is 24.7 Å². The molecule has 0 amide bonds. The number of carboxylic acids is 1. The molecule has 19 heavy (non-hydrogen) atoms. The van der Waals surface area contributed by atoms with E-state index < -0.39 is 11.9 Å².